The number of halogens is 1. The molecule has 3 rings (SSSR count). The van der Waals surface area contributed by atoms with E-state index in [2.05, 4.69) is 19.2 Å². The fourth-order valence-corrected chi connectivity index (χ4v) is 3.22. The third-order valence-corrected chi connectivity index (χ3v) is 4.04. The van der Waals surface area contributed by atoms with Crippen LogP contribution in [0.15, 0.2) is 12.1 Å². The lowest BCUT2D eigenvalue weighted by atomic mass is 10.0. The smallest absolute Gasteiger partial charge is 0.0756 e. The van der Waals surface area contributed by atoms with Gasteiger partial charge in [-0.05, 0) is 55.9 Å². The summed E-state index contributed by atoms with van der Waals surface area (Å²) < 4.78 is 0. The Hall–Kier alpha value is -1.28. The Balaban J connectivity index is 2.28. The Morgan fingerprint density at radius 3 is 2.95 bits per heavy atom. The van der Waals surface area contributed by atoms with Crippen LogP contribution in [0.5, 0.6) is 0 Å². The van der Waals surface area contributed by atoms with Crippen molar-refractivity contribution < 1.29 is 0 Å². The van der Waals surface area contributed by atoms with Gasteiger partial charge >= 0.3 is 0 Å². The second-order valence-corrected chi connectivity index (χ2v) is 5.75. The van der Waals surface area contributed by atoms with Crippen LogP contribution in [-0.2, 0) is 12.8 Å². The van der Waals surface area contributed by atoms with Crippen LogP contribution < -0.4 is 5.32 Å². The molecule has 0 spiro atoms. The highest BCUT2D eigenvalue weighted by molar-refractivity contribution is 6.31. The molecule has 0 atom stereocenters. The summed E-state index contributed by atoms with van der Waals surface area (Å²) in [6.45, 7) is 5.28. The molecule has 0 saturated carbocycles. The third-order valence-electron chi connectivity index (χ3n) is 3.82. The van der Waals surface area contributed by atoms with E-state index in [9.17, 15) is 0 Å². The molecule has 1 aliphatic carbocycles. The van der Waals surface area contributed by atoms with Crippen molar-refractivity contribution in [2.24, 2.45) is 0 Å². The second kappa shape index (κ2) is 5.01. The molecule has 0 fully saturated rings. The Bertz CT molecular complexity index is 634. The zero-order chi connectivity index (χ0) is 13.4. The highest BCUT2D eigenvalue weighted by atomic mass is 35.5. The Kier molecular flexibility index (Phi) is 3.36. The topological polar surface area (TPSA) is 24.9 Å². The minimum absolute atomic E-state index is 0.796. The van der Waals surface area contributed by atoms with Gasteiger partial charge in [0.15, 0.2) is 0 Å². The maximum atomic E-state index is 6.23. The van der Waals surface area contributed by atoms with E-state index in [0.717, 1.165) is 41.9 Å². The summed E-state index contributed by atoms with van der Waals surface area (Å²) in [6.07, 6.45) is 4.58. The number of hydrogen-bond donors (Lipinski definition) is 1. The molecule has 0 saturated heterocycles. The van der Waals surface area contributed by atoms with Gasteiger partial charge in [0.1, 0.15) is 0 Å². The first-order chi connectivity index (χ1) is 9.20. The summed E-state index contributed by atoms with van der Waals surface area (Å²) in [4.78, 5) is 4.87. The number of nitrogens with one attached hydrogen (secondary N) is 1. The van der Waals surface area contributed by atoms with Gasteiger partial charge in [-0.25, -0.2) is 0 Å². The predicted molar refractivity (Wildman–Crippen MR) is 82.3 cm³/mol. The lowest BCUT2D eigenvalue weighted by molar-refractivity contribution is 0.900. The molecule has 1 aromatic carbocycles. The number of rotatable bonds is 3. The molecule has 0 aliphatic heterocycles. The summed E-state index contributed by atoms with van der Waals surface area (Å²) in [5.74, 6) is 0. The zero-order valence-corrected chi connectivity index (χ0v) is 12.3. The average Bonchev–Trinajstić information content (AvgIpc) is 2.83. The van der Waals surface area contributed by atoms with Crippen LogP contribution in [0.1, 0.15) is 36.6 Å². The number of aryl methyl sites for hydroxylation is 2. The van der Waals surface area contributed by atoms with Crippen molar-refractivity contribution in [3.05, 3.63) is 34.0 Å². The van der Waals surface area contributed by atoms with E-state index in [1.807, 2.05) is 12.1 Å². The molecule has 19 heavy (non-hydrogen) atoms. The quantitative estimate of drug-likeness (QED) is 0.891. The molecule has 1 heterocycles. The van der Waals surface area contributed by atoms with Crippen molar-refractivity contribution >= 4 is 28.2 Å². The molecule has 3 heteroatoms. The largest absolute Gasteiger partial charge is 0.384 e. The zero-order valence-electron chi connectivity index (χ0n) is 11.5. The summed E-state index contributed by atoms with van der Waals surface area (Å²) in [5, 5.41) is 5.57. The van der Waals surface area contributed by atoms with Crippen LogP contribution in [0.2, 0.25) is 5.02 Å². The molecule has 1 aliphatic rings. The van der Waals surface area contributed by atoms with Crippen molar-refractivity contribution in [3.63, 3.8) is 0 Å². The SMILES string of the molecule is CCCNc1c2c(nc3c(C)cc(Cl)cc13)CCC2. The average molecular weight is 275 g/mol. The molecule has 1 N–H and O–H groups in total. The summed E-state index contributed by atoms with van der Waals surface area (Å²) in [5.41, 5.74) is 6.21. The maximum absolute atomic E-state index is 6.23. The summed E-state index contributed by atoms with van der Waals surface area (Å²) in [6, 6.07) is 4.05. The van der Waals surface area contributed by atoms with Crippen molar-refractivity contribution in [2.75, 3.05) is 11.9 Å². The van der Waals surface area contributed by atoms with Gasteiger partial charge in [-0.3, -0.25) is 4.98 Å². The van der Waals surface area contributed by atoms with Gasteiger partial charge in [0.05, 0.1) is 5.52 Å². The molecule has 1 aromatic heterocycles. The van der Waals surface area contributed by atoms with Crippen LogP contribution in [-0.4, -0.2) is 11.5 Å². The normalized spacial score (nSPS) is 13.8. The first-order valence-electron chi connectivity index (χ1n) is 7.06. The Labute approximate surface area is 119 Å². The molecule has 2 nitrogen and oxygen atoms in total. The maximum Gasteiger partial charge on any atom is 0.0756 e. The Morgan fingerprint density at radius 1 is 1.32 bits per heavy atom. The monoisotopic (exact) mass is 274 g/mol. The van der Waals surface area contributed by atoms with Gasteiger partial charge < -0.3 is 5.32 Å². The summed E-state index contributed by atoms with van der Waals surface area (Å²) >= 11 is 6.23. The van der Waals surface area contributed by atoms with Gasteiger partial charge in [-0.2, -0.15) is 0 Å². The van der Waals surface area contributed by atoms with Gasteiger partial charge in [0, 0.05) is 28.3 Å². The first-order valence-corrected chi connectivity index (χ1v) is 7.44. The van der Waals surface area contributed by atoms with E-state index in [4.69, 9.17) is 16.6 Å². The van der Waals surface area contributed by atoms with E-state index >= 15 is 0 Å². The number of fused-ring (bicyclic) bond motifs is 2. The molecule has 0 bridgehead atoms. The minimum atomic E-state index is 0.796. The van der Waals surface area contributed by atoms with E-state index < -0.39 is 0 Å². The predicted octanol–water partition coefficient (Wildman–Crippen LogP) is 4.51. The summed E-state index contributed by atoms with van der Waals surface area (Å²) in [7, 11) is 0. The number of aromatic nitrogens is 1. The molecule has 100 valence electrons. The van der Waals surface area contributed by atoms with Crippen molar-refractivity contribution in [1.82, 2.24) is 4.98 Å². The van der Waals surface area contributed by atoms with Crippen LogP contribution in [0.3, 0.4) is 0 Å². The highest BCUT2D eigenvalue weighted by Crippen LogP contribution is 2.36. The van der Waals surface area contributed by atoms with E-state index in [-0.39, 0.29) is 0 Å². The molecule has 0 unspecified atom stereocenters. The van der Waals surface area contributed by atoms with E-state index in [1.165, 1.54) is 28.8 Å². The van der Waals surface area contributed by atoms with E-state index in [1.54, 1.807) is 0 Å². The van der Waals surface area contributed by atoms with Crippen LogP contribution in [0, 0.1) is 6.92 Å². The van der Waals surface area contributed by atoms with Gasteiger partial charge in [-0.1, -0.05) is 18.5 Å². The lowest BCUT2D eigenvalue weighted by Crippen LogP contribution is -2.05. The Morgan fingerprint density at radius 2 is 2.16 bits per heavy atom. The molecule has 2 aromatic rings. The second-order valence-electron chi connectivity index (χ2n) is 5.31. The number of pyridine rings is 1. The molecule has 0 amide bonds. The number of hydrogen-bond acceptors (Lipinski definition) is 2. The van der Waals surface area contributed by atoms with Crippen molar-refractivity contribution in [1.29, 1.82) is 0 Å². The molecule has 0 radical (unpaired) electrons. The van der Waals surface area contributed by atoms with Gasteiger partial charge in [0.25, 0.3) is 0 Å². The lowest BCUT2D eigenvalue weighted by Gasteiger charge is -2.15. The minimum Gasteiger partial charge on any atom is -0.384 e. The van der Waals surface area contributed by atoms with Gasteiger partial charge in [-0.15, -0.1) is 0 Å². The van der Waals surface area contributed by atoms with E-state index in [0.29, 0.717) is 0 Å². The standard InChI is InChI=1S/C16H19ClN2/c1-3-7-18-16-12-5-4-6-14(12)19-15-10(2)8-11(17)9-13(15)16/h8-9H,3-7H2,1-2H3,(H,18,19). The van der Waals surface area contributed by atoms with Crippen LogP contribution >= 0.6 is 11.6 Å². The van der Waals surface area contributed by atoms with Crippen LogP contribution in [0.4, 0.5) is 5.69 Å². The fraction of sp³-hybridized carbons (Fsp3) is 0.438. The fourth-order valence-electron chi connectivity index (χ4n) is 2.94. The van der Waals surface area contributed by atoms with Crippen LogP contribution in [0.25, 0.3) is 10.9 Å². The third kappa shape index (κ3) is 2.18. The van der Waals surface area contributed by atoms with Crippen molar-refractivity contribution in [3.8, 4) is 0 Å². The molecular formula is C16H19ClN2. The van der Waals surface area contributed by atoms with Crippen molar-refractivity contribution in [2.45, 2.75) is 39.5 Å². The highest BCUT2D eigenvalue weighted by Gasteiger charge is 2.20. The van der Waals surface area contributed by atoms with Gasteiger partial charge in [0.2, 0.25) is 0 Å². The molecular weight excluding hydrogens is 256 g/mol. The number of benzene rings is 1. The number of nitrogens with zero attached hydrogens (tertiary/aromatic N) is 1. The number of anilines is 1. The first kappa shape index (κ1) is 12.7.